The first kappa shape index (κ1) is 16.1. The summed E-state index contributed by atoms with van der Waals surface area (Å²) >= 11 is 1.65. The molecule has 4 rings (SSSR count). The van der Waals surface area contributed by atoms with Crippen molar-refractivity contribution in [1.82, 2.24) is 9.63 Å². The molecule has 2 amide bonds. The van der Waals surface area contributed by atoms with Crippen molar-refractivity contribution in [3.63, 3.8) is 0 Å². The van der Waals surface area contributed by atoms with E-state index >= 15 is 0 Å². The van der Waals surface area contributed by atoms with E-state index in [2.05, 4.69) is 28.8 Å². The summed E-state index contributed by atoms with van der Waals surface area (Å²) in [7, 11) is 0. The fourth-order valence-electron chi connectivity index (χ4n) is 3.65. The number of hydrogen-bond donors (Lipinski definition) is 2. The lowest BCUT2D eigenvalue weighted by Crippen LogP contribution is -2.47. The molecule has 1 atom stereocenters. The number of urea groups is 1. The zero-order valence-corrected chi connectivity index (χ0v) is 14.7. The number of para-hydroxylation sites is 1. The molecule has 2 aromatic carbocycles. The van der Waals surface area contributed by atoms with E-state index in [-0.39, 0.29) is 0 Å². The molecule has 0 saturated heterocycles. The summed E-state index contributed by atoms with van der Waals surface area (Å²) in [5, 5.41) is 12.2. The van der Waals surface area contributed by atoms with Crippen molar-refractivity contribution < 1.29 is 10.0 Å². The van der Waals surface area contributed by atoms with Gasteiger partial charge in [0.25, 0.3) is 0 Å². The topological polar surface area (TPSA) is 71.5 Å². The van der Waals surface area contributed by atoms with Gasteiger partial charge in [0.2, 0.25) is 0 Å². The Morgan fingerprint density at radius 3 is 2.60 bits per heavy atom. The van der Waals surface area contributed by atoms with Crippen LogP contribution in [0.4, 0.5) is 4.79 Å². The van der Waals surface area contributed by atoms with Gasteiger partial charge in [-0.05, 0) is 31.5 Å². The second-order valence-electron chi connectivity index (χ2n) is 6.44. The van der Waals surface area contributed by atoms with Crippen molar-refractivity contribution in [2.45, 2.75) is 35.2 Å². The minimum Gasteiger partial charge on any atom is -0.350 e. The summed E-state index contributed by atoms with van der Waals surface area (Å²) < 4.78 is 2.19. The molecule has 5 nitrogen and oxygen atoms in total. The molecule has 128 valence electrons. The van der Waals surface area contributed by atoms with Crippen LogP contribution >= 0.6 is 11.8 Å². The lowest BCUT2D eigenvalue weighted by Gasteiger charge is -2.32. The molecule has 3 aromatic rings. The summed E-state index contributed by atoms with van der Waals surface area (Å²) in [5.74, 6) is 0. The smallest absolute Gasteiger partial charge is 0.339 e. The number of aromatic nitrogens is 1. The largest absolute Gasteiger partial charge is 0.350 e. The summed E-state index contributed by atoms with van der Waals surface area (Å²) in [6.45, 7) is 2.59. The molecular weight excluding hydrogens is 334 g/mol. The number of fused-ring (bicyclic) bond motifs is 3. The van der Waals surface area contributed by atoms with Gasteiger partial charge < -0.3 is 10.3 Å². The summed E-state index contributed by atoms with van der Waals surface area (Å²) in [5.41, 5.74) is 6.57. The first-order valence-electron chi connectivity index (χ1n) is 8.15. The van der Waals surface area contributed by atoms with Crippen molar-refractivity contribution in [2.75, 3.05) is 0 Å². The third kappa shape index (κ3) is 2.41. The number of rotatable bonds is 3. The van der Waals surface area contributed by atoms with Gasteiger partial charge in [0.05, 0.1) is 5.69 Å². The first-order chi connectivity index (χ1) is 12.0. The highest BCUT2D eigenvalue weighted by Crippen LogP contribution is 2.49. The van der Waals surface area contributed by atoms with Gasteiger partial charge in [-0.2, -0.15) is 5.06 Å². The maximum absolute atomic E-state index is 11.7. The van der Waals surface area contributed by atoms with Gasteiger partial charge in [-0.1, -0.05) is 48.2 Å². The van der Waals surface area contributed by atoms with Crippen LogP contribution in [-0.2, 0) is 12.1 Å². The fourth-order valence-corrected chi connectivity index (χ4v) is 4.88. The number of hydroxylamine groups is 2. The van der Waals surface area contributed by atoms with Crippen molar-refractivity contribution in [2.24, 2.45) is 5.73 Å². The molecular formula is C19H19N3O2S. The minimum absolute atomic E-state index is 0.620. The van der Waals surface area contributed by atoms with Crippen molar-refractivity contribution in [3.8, 4) is 0 Å². The number of hydrogen-bond acceptors (Lipinski definition) is 3. The second-order valence-corrected chi connectivity index (χ2v) is 7.52. The Labute approximate surface area is 150 Å². The van der Waals surface area contributed by atoms with E-state index in [0.29, 0.717) is 11.5 Å². The molecule has 2 heterocycles. The van der Waals surface area contributed by atoms with Gasteiger partial charge in [-0.15, -0.1) is 0 Å². The Balaban J connectivity index is 1.94. The SMILES string of the molecule is CC1(N(O)C(N)=O)CCn2c1c(Sc1ccccc1)c1ccccc12. The average molecular weight is 353 g/mol. The predicted molar refractivity (Wildman–Crippen MR) is 97.7 cm³/mol. The molecule has 1 unspecified atom stereocenters. The molecule has 1 aromatic heterocycles. The first-order valence-corrected chi connectivity index (χ1v) is 8.97. The van der Waals surface area contributed by atoms with Crippen LogP contribution in [-0.4, -0.2) is 20.9 Å². The Hall–Kier alpha value is -2.44. The van der Waals surface area contributed by atoms with Crippen molar-refractivity contribution in [3.05, 3.63) is 60.3 Å². The highest BCUT2D eigenvalue weighted by Gasteiger charge is 2.45. The second kappa shape index (κ2) is 5.82. The number of carbonyl (C=O) groups excluding carboxylic acids is 1. The van der Waals surface area contributed by atoms with Crippen LogP contribution in [0.1, 0.15) is 19.0 Å². The standard InChI is InChI=1S/C19H19N3O2S/c1-19(22(24)18(20)23)11-12-21-15-10-6-5-9-14(15)16(17(19)21)25-13-7-3-2-4-8-13/h2-10,24H,11-12H2,1H3,(H2,20,23). The molecule has 0 aliphatic carbocycles. The van der Waals surface area contributed by atoms with Crippen LogP contribution in [0.3, 0.4) is 0 Å². The number of nitrogens with zero attached hydrogens (tertiary/aromatic N) is 2. The average Bonchev–Trinajstić information content (AvgIpc) is 3.13. The number of primary amides is 1. The molecule has 0 radical (unpaired) electrons. The Bertz CT molecular complexity index is 954. The lowest BCUT2D eigenvalue weighted by atomic mass is 9.96. The maximum Gasteiger partial charge on any atom is 0.339 e. The molecule has 0 saturated carbocycles. The zero-order chi connectivity index (χ0) is 17.6. The maximum atomic E-state index is 11.7. The summed E-state index contributed by atoms with van der Waals surface area (Å²) in [4.78, 5) is 13.8. The van der Waals surface area contributed by atoms with Gasteiger partial charge >= 0.3 is 6.03 Å². The minimum atomic E-state index is -0.845. The van der Waals surface area contributed by atoms with E-state index < -0.39 is 11.6 Å². The molecule has 1 aliphatic heterocycles. The number of amides is 2. The van der Waals surface area contributed by atoms with Crippen LogP contribution in [0.25, 0.3) is 10.9 Å². The Morgan fingerprint density at radius 2 is 1.88 bits per heavy atom. The van der Waals surface area contributed by atoms with Gasteiger partial charge in [-0.3, -0.25) is 5.21 Å². The van der Waals surface area contributed by atoms with Crippen LogP contribution in [0.5, 0.6) is 0 Å². The van der Waals surface area contributed by atoms with Gasteiger partial charge in [0, 0.05) is 27.2 Å². The van der Waals surface area contributed by atoms with E-state index in [1.807, 2.05) is 37.3 Å². The lowest BCUT2D eigenvalue weighted by molar-refractivity contribution is -0.122. The predicted octanol–water partition coefficient (Wildman–Crippen LogP) is 4.18. The quantitative estimate of drug-likeness (QED) is 0.548. The van der Waals surface area contributed by atoms with E-state index in [1.54, 1.807) is 11.8 Å². The fraction of sp³-hybridized carbons (Fsp3) is 0.211. The van der Waals surface area contributed by atoms with Crippen LogP contribution < -0.4 is 5.73 Å². The molecule has 25 heavy (non-hydrogen) atoms. The monoisotopic (exact) mass is 353 g/mol. The molecule has 0 spiro atoms. The number of benzene rings is 2. The van der Waals surface area contributed by atoms with Gasteiger partial charge in [-0.25, -0.2) is 4.79 Å². The van der Waals surface area contributed by atoms with Gasteiger partial charge in [0.1, 0.15) is 5.54 Å². The van der Waals surface area contributed by atoms with E-state index in [9.17, 15) is 10.0 Å². The third-order valence-corrected chi connectivity index (χ3v) is 6.02. The van der Waals surface area contributed by atoms with Crippen LogP contribution in [0, 0.1) is 0 Å². The zero-order valence-electron chi connectivity index (χ0n) is 13.8. The molecule has 1 aliphatic rings. The van der Waals surface area contributed by atoms with Crippen LogP contribution in [0.2, 0.25) is 0 Å². The van der Waals surface area contributed by atoms with Crippen molar-refractivity contribution >= 4 is 28.7 Å². The molecule has 0 bridgehead atoms. The highest BCUT2D eigenvalue weighted by molar-refractivity contribution is 7.99. The number of aryl methyl sites for hydroxylation is 1. The Morgan fingerprint density at radius 1 is 1.20 bits per heavy atom. The normalized spacial score (nSPS) is 19.1. The Kier molecular flexibility index (Phi) is 3.74. The third-order valence-electron chi connectivity index (χ3n) is 4.90. The molecule has 0 fully saturated rings. The molecule has 6 heteroatoms. The highest BCUT2D eigenvalue weighted by atomic mass is 32.2. The summed E-state index contributed by atoms with van der Waals surface area (Å²) in [6, 6.07) is 17.4. The van der Waals surface area contributed by atoms with E-state index in [0.717, 1.165) is 32.9 Å². The molecule has 3 N–H and O–H groups in total. The van der Waals surface area contributed by atoms with E-state index in [1.165, 1.54) is 0 Å². The number of carbonyl (C=O) groups is 1. The summed E-state index contributed by atoms with van der Waals surface area (Å²) in [6.07, 6.45) is 0.620. The van der Waals surface area contributed by atoms with E-state index in [4.69, 9.17) is 5.73 Å². The number of nitrogens with two attached hydrogens (primary N) is 1. The van der Waals surface area contributed by atoms with Gasteiger partial charge in [0.15, 0.2) is 0 Å². The van der Waals surface area contributed by atoms with Crippen LogP contribution in [0.15, 0.2) is 64.4 Å². The van der Waals surface area contributed by atoms with Crippen molar-refractivity contribution in [1.29, 1.82) is 0 Å².